The first-order chi connectivity index (χ1) is 8.31. The molecule has 94 valence electrons. The summed E-state index contributed by atoms with van der Waals surface area (Å²) >= 11 is 0. The number of benzene rings is 1. The summed E-state index contributed by atoms with van der Waals surface area (Å²) in [5, 5.41) is 3.53. The van der Waals surface area contributed by atoms with E-state index in [4.69, 9.17) is 9.47 Å². The minimum atomic E-state index is 0.416. The molecule has 2 unspecified atom stereocenters. The molecule has 1 heterocycles. The zero-order valence-corrected chi connectivity index (χ0v) is 10.6. The number of anilines is 1. The van der Waals surface area contributed by atoms with Gasteiger partial charge in [-0.2, -0.15) is 0 Å². The molecule has 3 nitrogen and oxygen atoms in total. The lowest BCUT2D eigenvalue weighted by Crippen LogP contribution is -2.26. The molecule has 1 aromatic rings. The molecule has 1 aliphatic heterocycles. The summed E-state index contributed by atoms with van der Waals surface area (Å²) in [5.41, 5.74) is 1.08. The summed E-state index contributed by atoms with van der Waals surface area (Å²) < 4.78 is 11.0. The van der Waals surface area contributed by atoms with Crippen molar-refractivity contribution in [3.63, 3.8) is 0 Å². The molecule has 0 radical (unpaired) electrons. The maximum Gasteiger partial charge on any atom is 0.142 e. The largest absolute Gasteiger partial charge is 0.492 e. The second kappa shape index (κ2) is 5.92. The number of hydrogen-bond donors (Lipinski definition) is 1. The Kier molecular flexibility index (Phi) is 4.26. The van der Waals surface area contributed by atoms with Gasteiger partial charge in [-0.25, -0.2) is 0 Å². The SMILES string of the molecule is CCOc1ccccc1NC(C)C1CCOC1. The van der Waals surface area contributed by atoms with E-state index in [-0.39, 0.29) is 0 Å². The van der Waals surface area contributed by atoms with Gasteiger partial charge in [-0.1, -0.05) is 12.1 Å². The van der Waals surface area contributed by atoms with Gasteiger partial charge in [0.05, 0.1) is 18.9 Å². The van der Waals surface area contributed by atoms with Crippen LogP contribution in [0.2, 0.25) is 0 Å². The van der Waals surface area contributed by atoms with Crippen LogP contribution in [-0.2, 0) is 4.74 Å². The summed E-state index contributed by atoms with van der Waals surface area (Å²) in [6.45, 7) is 6.67. The van der Waals surface area contributed by atoms with Crippen LogP contribution in [0, 0.1) is 5.92 Å². The second-order valence-electron chi connectivity index (χ2n) is 4.49. The fourth-order valence-electron chi connectivity index (χ4n) is 2.18. The van der Waals surface area contributed by atoms with Crippen LogP contribution < -0.4 is 10.1 Å². The number of hydrogen-bond acceptors (Lipinski definition) is 3. The quantitative estimate of drug-likeness (QED) is 0.851. The molecule has 1 aromatic carbocycles. The second-order valence-corrected chi connectivity index (χ2v) is 4.49. The predicted octanol–water partition coefficient (Wildman–Crippen LogP) is 2.92. The highest BCUT2D eigenvalue weighted by atomic mass is 16.5. The van der Waals surface area contributed by atoms with Gasteiger partial charge in [0.1, 0.15) is 5.75 Å². The fraction of sp³-hybridized carbons (Fsp3) is 0.571. The lowest BCUT2D eigenvalue weighted by atomic mass is 10.0. The molecule has 3 heteroatoms. The van der Waals surface area contributed by atoms with Gasteiger partial charge in [-0.05, 0) is 32.4 Å². The van der Waals surface area contributed by atoms with Gasteiger partial charge in [0.15, 0.2) is 0 Å². The standard InChI is InChI=1S/C14H21NO2/c1-3-17-14-7-5-4-6-13(14)15-11(2)12-8-9-16-10-12/h4-7,11-12,15H,3,8-10H2,1-2H3. The molecule has 1 aliphatic rings. The molecular weight excluding hydrogens is 214 g/mol. The van der Waals surface area contributed by atoms with E-state index in [1.165, 1.54) is 0 Å². The van der Waals surface area contributed by atoms with E-state index < -0.39 is 0 Å². The van der Waals surface area contributed by atoms with E-state index in [0.29, 0.717) is 18.6 Å². The van der Waals surface area contributed by atoms with E-state index >= 15 is 0 Å². The lowest BCUT2D eigenvalue weighted by molar-refractivity contribution is 0.183. The Hall–Kier alpha value is -1.22. The summed E-state index contributed by atoms with van der Waals surface area (Å²) in [7, 11) is 0. The molecule has 2 atom stereocenters. The Bertz CT molecular complexity index is 348. The third-order valence-electron chi connectivity index (χ3n) is 3.24. The van der Waals surface area contributed by atoms with Crippen LogP contribution in [0.5, 0.6) is 5.75 Å². The smallest absolute Gasteiger partial charge is 0.142 e. The number of nitrogens with one attached hydrogen (secondary N) is 1. The highest BCUT2D eigenvalue weighted by molar-refractivity contribution is 5.56. The lowest BCUT2D eigenvalue weighted by Gasteiger charge is -2.22. The molecule has 0 saturated carbocycles. The van der Waals surface area contributed by atoms with E-state index in [1.54, 1.807) is 0 Å². The first-order valence-corrected chi connectivity index (χ1v) is 6.37. The van der Waals surface area contributed by atoms with Crippen molar-refractivity contribution in [3.05, 3.63) is 24.3 Å². The molecule has 0 aliphatic carbocycles. The monoisotopic (exact) mass is 235 g/mol. The van der Waals surface area contributed by atoms with Gasteiger partial charge in [0.25, 0.3) is 0 Å². The van der Waals surface area contributed by atoms with E-state index in [2.05, 4.69) is 18.3 Å². The highest BCUT2D eigenvalue weighted by Gasteiger charge is 2.22. The van der Waals surface area contributed by atoms with Crippen molar-refractivity contribution < 1.29 is 9.47 Å². The minimum absolute atomic E-state index is 0.416. The molecule has 2 rings (SSSR count). The molecule has 0 amide bonds. The number of para-hydroxylation sites is 2. The topological polar surface area (TPSA) is 30.5 Å². The molecule has 1 saturated heterocycles. The Labute approximate surface area is 103 Å². The van der Waals surface area contributed by atoms with E-state index in [0.717, 1.165) is 31.1 Å². The average Bonchev–Trinajstić information content (AvgIpc) is 2.85. The molecular formula is C14H21NO2. The van der Waals surface area contributed by atoms with E-state index in [9.17, 15) is 0 Å². The maximum absolute atomic E-state index is 5.61. The first kappa shape index (κ1) is 12.2. The van der Waals surface area contributed by atoms with Gasteiger partial charge in [-0.15, -0.1) is 0 Å². The van der Waals surface area contributed by atoms with Crippen LogP contribution in [0.15, 0.2) is 24.3 Å². The van der Waals surface area contributed by atoms with Crippen molar-refractivity contribution in [1.82, 2.24) is 0 Å². The summed E-state index contributed by atoms with van der Waals surface area (Å²) in [4.78, 5) is 0. The van der Waals surface area contributed by atoms with Crippen LogP contribution in [0.1, 0.15) is 20.3 Å². The summed E-state index contributed by atoms with van der Waals surface area (Å²) in [6.07, 6.45) is 1.14. The third kappa shape index (κ3) is 3.13. The molecule has 17 heavy (non-hydrogen) atoms. The zero-order chi connectivity index (χ0) is 12.1. The van der Waals surface area contributed by atoms with Gasteiger partial charge in [0.2, 0.25) is 0 Å². The van der Waals surface area contributed by atoms with Gasteiger partial charge < -0.3 is 14.8 Å². The van der Waals surface area contributed by atoms with Crippen molar-refractivity contribution >= 4 is 5.69 Å². The van der Waals surface area contributed by atoms with Gasteiger partial charge in [0, 0.05) is 18.6 Å². The molecule has 0 spiro atoms. The van der Waals surface area contributed by atoms with Crippen molar-refractivity contribution in [1.29, 1.82) is 0 Å². The van der Waals surface area contributed by atoms with Crippen molar-refractivity contribution in [2.24, 2.45) is 5.92 Å². The average molecular weight is 235 g/mol. The molecule has 1 N–H and O–H groups in total. The Morgan fingerprint density at radius 3 is 3.00 bits per heavy atom. The Morgan fingerprint density at radius 1 is 1.47 bits per heavy atom. The summed E-state index contributed by atoms with van der Waals surface area (Å²) in [5.74, 6) is 1.53. The van der Waals surface area contributed by atoms with E-state index in [1.807, 2.05) is 25.1 Å². The van der Waals surface area contributed by atoms with Crippen LogP contribution in [-0.4, -0.2) is 25.9 Å². The predicted molar refractivity (Wildman–Crippen MR) is 69.6 cm³/mol. The van der Waals surface area contributed by atoms with Crippen molar-refractivity contribution in [2.75, 3.05) is 25.1 Å². The van der Waals surface area contributed by atoms with Gasteiger partial charge >= 0.3 is 0 Å². The number of rotatable bonds is 5. The Balaban J connectivity index is 2.01. The zero-order valence-electron chi connectivity index (χ0n) is 10.6. The molecule has 0 aromatic heterocycles. The summed E-state index contributed by atoms with van der Waals surface area (Å²) in [6, 6.07) is 8.52. The van der Waals surface area contributed by atoms with Crippen LogP contribution >= 0.6 is 0 Å². The highest BCUT2D eigenvalue weighted by Crippen LogP contribution is 2.27. The van der Waals surface area contributed by atoms with Crippen molar-refractivity contribution in [3.8, 4) is 5.75 Å². The first-order valence-electron chi connectivity index (χ1n) is 6.37. The van der Waals surface area contributed by atoms with Crippen LogP contribution in [0.4, 0.5) is 5.69 Å². The number of ether oxygens (including phenoxy) is 2. The maximum atomic E-state index is 5.61. The Morgan fingerprint density at radius 2 is 2.29 bits per heavy atom. The van der Waals surface area contributed by atoms with Gasteiger partial charge in [-0.3, -0.25) is 0 Å². The minimum Gasteiger partial charge on any atom is -0.492 e. The fourth-order valence-corrected chi connectivity index (χ4v) is 2.18. The normalized spacial score (nSPS) is 21.2. The van der Waals surface area contributed by atoms with Crippen LogP contribution in [0.3, 0.4) is 0 Å². The van der Waals surface area contributed by atoms with Crippen molar-refractivity contribution in [2.45, 2.75) is 26.3 Å². The molecule has 1 fully saturated rings. The molecule has 0 bridgehead atoms. The third-order valence-corrected chi connectivity index (χ3v) is 3.24. The van der Waals surface area contributed by atoms with Crippen LogP contribution in [0.25, 0.3) is 0 Å².